The van der Waals surface area contributed by atoms with Crippen molar-refractivity contribution in [3.63, 3.8) is 0 Å². The minimum absolute atomic E-state index is 0.762. The van der Waals surface area contributed by atoms with Gasteiger partial charge in [-0.1, -0.05) is 12.2 Å². The number of hydrogen-bond donors (Lipinski definition) is 1. The Morgan fingerprint density at radius 1 is 1.06 bits per heavy atom. The molecular weight excluding hydrogens is 206 g/mol. The van der Waals surface area contributed by atoms with Crippen LogP contribution in [0.4, 0.5) is 0 Å². The molecule has 0 unspecified atom stereocenters. The summed E-state index contributed by atoms with van der Waals surface area (Å²) >= 11 is 0. The van der Waals surface area contributed by atoms with Gasteiger partial charge in [0.2, 0.25) is 0 Å². The minimum Gasteiger partial charge on any atom is -0.313 e. The topological polar surface area (TPSA) is 12.0 Å². The standard InChI is InChI=1S/C16H27N/c1-2-3-5-17-6-4-16-10-13-7-14(11-16)9-15(8-13)12-16/h2-3,13-15,17H,4-12H2,1H3. The lowest BCUT2D eigenvalue weighted by atomic mass is 9.49. The zero-order valence-corrected chi connectivity index (χ0v) is 11.3. The summed E-state index contributed by atoms with van der Waals surface area (Å²) in [4.78, 5) is 0. The average Bonchev–Trinajstić information content (AvgIpc) is 2.26. The van der Waals surface area contributed by atoms with E-state index in [-0.39, 0.29) is 0 Å². The van der Waals surface area contributed by atoms with Crippen molar-refractivity contribution in [2.45, 2.75) is 51.9 Å². The fourth-order valence-electron chi connectivity index (χ4n) is 5.25. The van der Waals surface area contributed by atoms with Gasteiger partial charge < -0.3 is 5.32 Å². The van der Waals surface area contributed by atoms with Crippen LogP contribution in [0.2, 0.25) is 0 Å². The Hall–Kier alpha value is -0.300. The van der Waals surface area contributed by atoms with E-state index in [9.17, 15) is 0 Å². The van der Waals surface area contributed by atoms with Crippen LogP contribution in [-0.4, -0.2) is 13.1 Å². The van der Waals surface area contributed by atoms with Crippen molar-refractivity contribution in [3.8, 4) is 0 Å². The summed E-state index contributed by atoms with van der Waals surface area (Å²) in [6, 6.07) is 0. The van der Waals surface area contributed by atoms with E-state index >= 15 is 0 Å². The van der Waals surface area contributed by atoms with E-state index in [0.29, 0.717) is 0 Å². The number of hydrogen-bond acceptors (Lipinski definition) is 1. The fourth-order valence-corrected chi connectivity index (χ4v) is 5.25. The minimum atomic E-state index is 0.762. The molecule has 1 heteroatoms. The molecule has 0 aromatic heterocycles. The molecule has 1 N–H and O–H groups in total. The van der Waals surface area contributed by atoms with Crippen LogP contribution in [-0.2, 0) is 0 Å². The van der Waals surface area contributed by atoms with E-state index in [1.807, 2.05) is 0 Å². The summed E-state index contributed by atoms with van der Waals surface area (Å²) in [5.74, 6) is 3.32. The summed E-state index contributed by atoms with van der Waals surface area (Å²) in [6.45, 7) is 4.39. The maximum atomic E-state index is 3.57. The molecule has 4 rings (SSSR count). The number of nitrogens with one attached hydrogen (secondary N) is 1. The smallest absolute Gasteiger partial charge is 0.0134 e. The third kappa shape index (κ3) is 2.45. The summed E-state index contributed by atoms with van der Waals surface area (Å²) in [5.41, 5.74) is 0.762. The first-order valence-electron chi connectivity index (χ1n) is 7.61. The molecule has 96 valence electrons. The van der Waals surface area contributed by atoms with E-state index in [2.05, 4.69) is 24.4 Å². The van der Waals surface area contributed by atoms with Crippen molar-refractivity contribution in [3.05, 3.63) is 12.2 Å². The molecule has 0 aromatic carbocycles. The van der Waals surface area contributed by atoms with Gasteiger partial charge in [-0.15, -0.1) is 0 Å². The Labute approximate surface area is 106 Å². The van der Waals surface area contributed by atoms with Gasteiger partial charge in [-0.2, -0.15) is 0 Å². The summed E-state index contributed by atoms with van der Waals surface area (Å²) < 4.78 is 0. The van der Waals surface area contributed by atoms with Crippen LogP contribution < -0.4 is 5.32 Å². The van der Waals surface area contributed by atoms with Gasteiger partial charge >= 0.3 is 0 Å². The van der Waals surface area contributed by atoms with E-state index in [0.717, 1.165) is 29.7 Å². The normalized spacial score (nSPS) is 43.7. The molecular formula is C16H27N. The lowest BCUT2D eigenvalue weighted by Gasteiger charge is -2.57. The third-order valence-electron chi connectivity index (χ3n) is 5.50. The second kappa shape index (κ2) is 4.76. The van der Waals surface area contributed by atoms with E-state index in [1.165, 1.54) is 13.0 Å². The lowest BCUT2D eigenvalue weighted by Crippen LogP contribution is -2.47. The van der Waals surface area contributed by atoms with Crippen LogP contribution >= 0.6 is 0 Å². The zero-order chi connectivity index (χ0) is 11.7. The molecule has 4 saturated carbocycles. The molecule has 0 heterocycles. The molecule has 1 nitrogen and oxygen atoms in total. The molecule has 4 aliphatic rings. The van der Waals surface area contributed by atoms with Crippen molar-refractivity contribution in [2.24, 2.45) is 23.2 Å². The fraction of sp³-hybridized carbons (Fsp3) is 0.875. The SMILES string of the molecule is CC=CCNCCC12CC3CC(CC(C3)C1)C2. The Kier molecular flexibility index (Phi) is 3.30. The highest BCUT2D eigenvalue weighted by atomic mass is 14.8. The highest BCUT2D eigenvalue weighted by molar-refractivity contribution is 5.01. The van der Waals surface area contributed by atoms with Crippen molar-refractivity contribution in [1.29, 1.82) is 0 Å². The van der Waals surface area contributed by atoms with Crippen LogP contribution in [0.1, 0.15) is 51.9 Å². The second-order valence-corrected chi connectivity index (χ2v) is 6.94. The predicted octanol–water partition coefficient (Wildman–Crippen LogP) is 3.76. The largest absolute Gasteiger partial charge is 0.313 e. The van der Waals surface area contributed by atoms with Crippen molar-refractivity contribution in [1.82, 2.24) is 5.32 Å². The van der Waals surface area contributed by atoms with Gasteiger partial charge in [0, 0.05) is 6.54 Å². The Morgan fingerprint density at radius 3 is 2.18 bits per heavy atom. The first-order chi connectivity index (χ1) is 8.30. The number of rotatable bonds is 5. The lowest BCUT2D eigenvalue weighted by molar-refractivity contribution is -0.0566. The monoisotopic (exact) mass is 233 g/mol. The molecule has 0 aromatic rings. The van der Waals surface area contributed by atoms with Gasteiger partial charge in [-0.3, -0.25) is 0 Å². The molecule has 4 bridgehead atoms. The maximum absolute atomic E-state index is 3.57. The molecule has 0 atom stereocenters. The first-order valence-corrected chi connectivity index (χ1v) is 7.61. The van der Waals surface area contributed by atoms with Crippen molar-refractivity contribution < 1.29 is 0 Å². The van der Waals surface area contributed by atoms with Gasteiger partial charge in [0.15, 0.2) is 0 Å². The summed E-state index contributed by atoms with van der Waals surface area (Å²) in [5, 5.41) is 3.57. The average molecular weight is 233 g/mol. The van der Waals surface area contributed by atoms with Crippen LogP contribution in [0.25, 0.3) is 0 Å². The molecule has 4 fully saturated rings. The van der Waals surface area contributed by atoms with Gasteiger partial charge in [0.1, 0.15) is 0 Å². The van der Waals surface area contributed by atoms with Crippen LogP contribution in [0.3, 0.4) is 0 Å². The Balaban J connectivity index is 1.52. The molecule has 4 aliphatic carbocycles. The molecule has 0 aliphatic heterocycles. The van der Waals surface area contributed by atoms with E-state index < -0.39 is 0 Å². The van der Waals surface area contributed by atoms with Gasteiger partial charge in [0.05, 0.1) is 0 Å². The van der Waals surface area contributed by atoms with Crippen molar-refractivity contribution >= 4 is 0 Å². The van der Waals surface area contributed by atoms with Crippen LogP contribution in [0, 0.1) is 23.2 Å². The predicted molar refractivity (Wildman–Crippen MR) is 72.9 cm³/mol. The quantitative estimate of drug-likeness (QED) is 0.563. The highest BCUT2D eigenvalue weighted by Crippen LogP contribution is 2.61. The molecule has 17 heavy (non-hydrogen) atoms. The van der Waals surface area contributed by atoms with Crippen molar-refractivity contribution in [2.75, 3.05) is 13.1 Å². The maximum Gasteiger partial charge on any atom is 0.0134 e. The first kappa shape index (κ1) is 11.8. The summed E-state index contributed by atoms with van der Waals surface area (Å²) in [6.07, 6.45) is 15.2. The molecule has 0 saturated heterocycles. The van der Waals surface area contributed by atoms with Crippen LogP contribution in [0.5, 0.6) is 0 Å². The van der Waals surface area contributed by atoms with Gasteiger partial charge in [-0.25, -0.2) is 0 Å². The third-order valence-corrected chi connectivity index (χ3v) is 5.50. The summed E-state index contributed by atoms with van der Waals surface area (Å²) in [7, 11) is 0. The van der Waals surface area contributed by atoms with Gasteiger partial charge in [-0.05, 0) is 81.6 Å². The second-order valence-electron chi connectivity index (χ2n) is 6.94. The van der Waals surface area contributed by atoms with E-state index in [1.54, 1.807) is 38.5 Å². The molecule has 0 spiro atoms. The van der Waals surface area contributed by atoms with E-state index in [4.69, 9.17) is 0 Å². The Morgan fingerprint density at radius 2 is 1.65 bits per heavy atom. The molecule has 0 amide bonds. The zero-order valence-electron chi connectivity index (χ0n) is 11.3. The molecule has 0 radical (unpaired) electrons. The Bertz CT molecular complexity index is 257. The number of allylic oxidation sites excluding steroid dienone is 1. The van der Waals surface area contributed by atoms with Gasteiger partial charge in [0.25, 0.3) is 0 Å². The van der Waals surface area contributed by atoms with Crippen LogP contribution in [0.15, 0.2) is 12.2 Å². The highest BCUT2D eigenvalue weighted by Gasteiger charge is 2.50.